The Balaban J connectivity index is 1.99. The molecule has 4 nitrogen and oxygen atoms in total. The van der Waals surface area contributed by atoms with Crippen molar-refractivity contribution in [2.75, 3.05) is 0 Å². The summed E-state index contributed by atoms with van der Waals surface area (Å²) in [5.41, 5.74) is 1.61. The zero-order valence-electron chi connectivity index (χ0n) is 13.0. The van der Waals surface area contributed by atoms with Crippen LogP contribution in [0.3, 0.4) is 0 Å². The second-order valence-electron chi connectivity index (χ2n) is 5.26. The molecule has 2 aromatic rings. The molecule has 2 N–H and O–H groups in total. The summed E-state index contributed by atoms with van der Waals surface area (Å²) in [7, 11) is 0. The number of carbonyl (C=O) groups is 1. The van der Waals surface area contributed by atoms with Gasteiger partial charge in [-0.3, -0.25) is 4.79 Å². The van der Waals surface area contributed by atoms with Gasteiger partial charge < -0.3 is 14.9 Å². The van der Waals surface area contributed by atoms with E-state index >= 15 is 0 Å². The molecule has 0 saturated carbocycles. The number of ether oxygens (including phenoxy) is 1. The van der Waals surface area contributed by atoms with E-state index < -0.39 is 0 Å². The standard InChI is InChI=1S/C19H20O4/c1-2-3-4-19(22)23-18-9-7-14(8-10-18)5-6-15-11-16(20)13-17(21)12-15/h5-13,20-21H,2-4H2,1H3. The minimum Gasteiger partial charge on any atom is -0.508 e. The first kappa shape index (κ1) is 16.6. The third-order valence-corrected chi connectivity index (χ3v) is 3.24. The molecule has 0 aliphatic rings. The van der Waals surface area contributed by atoms with E-state index in [2.05, 4.69) is 0 Å². The van der Waals surface area contributed by atoms with Gasteiger partial charge >= 0.3 is 5.97 Å². The molecule has 0 heterocycles. The number of carbonyl (C=O) groups excluding carboxylic acids is 1. The van der Waals surface area contributed by atoms with Crippen molar-refractivity contribution in [3.8, 4) is 17.2 Å². The average Bonchev–Trinajstić information content (AvgIpc) is 2.51. The van der Waals surface area contributed by atoms with Gasteiger partial charge in [-0.05, 0) is 41.8 Å². The van der Waals surface area contributed by atoms with Crippen molar-refractivity contribution < 1.29 is 19.7 Å². The molecule has 0 unspecified atom stereocenters. The third-order valence-electron chi connectivity index (χ3n) is 3.24. The molecule has 0 fully saturated rings. The van der Waals surface area contributed by atoms with Crippen LogP contribution in [0.1, 0.15) is 37.3 Å². The number of benzene rings is 2. The van der Waals surface area contributed by atoms with Crippen molar-refractivity contribution >= 4 is 18.1 Å². The summed E-state index contributed by atoms with van der Waals surface area (Å²) in [5, 5.41) is 18.9. The van der Waals surface area contributed by atoms with Gasteiger partial charge in [-0.1, -0.05) is 37.6 Å². The highest BCUT2D eigenvalue weighted by molar-refractivity contribution is 5.73. The SMILES string of the molecule is CCCCC(=O)Oc1ccc(C=Cc2cc(O)cc(O)c2)cc1. The summed E-state index contributed by atoms with van der Waals surface area (Å²) in [6.07, 6.45) is 5.84. The number of rotatable bonds is 6. The highest BCUT2D eigenvalue weighted by Crippen LogP contribution is 2.22. The largest absolute Gasteiger partial charge is 0.508 e. The lowest BCUT2D eigenvalue weighted by molar-refractivity contribution is -0.134. The second kappa shape index (κ2) is 8.03. The van der Waals surface area contributed by atoms with Crippen molar-refractivity contribution in [3.63, 3.8) is 0 Å². The Morgan fingerprint density at radius 1 is 1.00 bits per heavy atom. The van der Waals surface area contributed by atoms with Gasteiger partial charge in [0.25, 0.3) is 0 Å². The summed E-state index contributed by atoms with van der Waals surface area (Å²) in [6.45, 7) is 2.03. The van der Waals surface area contributed by atoms with E-state index in [0.717, 1.165) is 18.4 Å². The molecule has 0 spiro atoms. The number of esters is 1. The molecule has 0 radical (unpaired) electrons. The van der Waals surface area contributed by atoms with E-state index in [1.807, 2.05) is 25.1 Å². The summed E-state index contributed by atoms with van der Waals surface area (Å²) < 4.78 is 5.24. The Kier molecular flexibility index (Phi) is 5.80. The summed E-state index contributed by atoms with van der Waals surface area (Å²) >= 11 is 0. The van der Waals surface area contributed by atoms with Crippen LogP contribution in [-0.2, 0) is 4.79 Å². The Labute approximate surface area is 135 Å². The van der Waals surface area contributed by atoms with Crippen LogP contribution in [0.2, 0.25) is 0 Å². The van der Waals surface area contributed by atoms with Gasteiger partial charge in [0.15, 0.2) is 0 Å². The van der Waals surface area contributed by atoms with E-state index in [-0.39, 0.29) is 17.5 Å². The Bertz CT molecular complexity index is 667. The Morgan fingerprint density at radius 3 is 2.22 bits per heavy atom. The van der Waals surface area contributed by atoms with Gasteiger partial charge in [0.05, 0.1) is 0 Å². The zero-order valence-corrected chi connectivity index (χ0v) is 13.0. The summed E-state index contributed by atoms with van der Waals surface area (Å²) in [6, 6.07) is 11.5. The Morgan fingerprint density at radius 2 is 1.61 bits per heavy atom. The first-order valence-electron chi connectivity index (χ1n) is 7.58. The Hall–Kier alpha value is -2.75. The third kappa shape index (κ3) is 5.51. The number of phenols is 2. The monoisotopic (exact) mass is 312 g/mol. The number of unbranched alkanes of at least 4 members (excludes halogenated alkanes) is 1. The number of hydrogen-bond donors (Lipinski definition) is 2. The molecular formula is C19H20O4. The molecule has 0 aliphatic carbocycles. The minimum absolute atomic E-state index is 0.0130. The first-order chi connectivity index (χ1) is 11.1. The van der Waals surface area contributed by atoms with Crippen molar-refractivity contribution in [2.45, 2.75) is 26.2 Å². The van der Waals surface area contributed by atoms with E-state index in [9.17, 15) is 15.0 Å². The van der Waals surface area contributed by atoms with Crippen molar-refractivity contribution in [3.05, 3.63) is 53.6 Å². The maximum absolute atomic E-state index is 11.5. The predicted octanol–water partition coefficient (Wildman–Crippen LogP) is 4.36. The van der Waals surface area contributed by atoms with Gasteiger partial charge in [-0.2, -0.15) is 0 Å². The van der Waals surface area contributed by atoms with Crippen LogP contribution in [0.4, 0.5) is 0 Å². The smallest absolute Gasteiger partial charge is 0.311 e. The van der Waals surface area contributed by atoms with Crippen molar-refractivity contribution in [1.29, 1.82) is 0 Å². The second-order valence-corrected chi connectivity index (χ2v) is 5.26. The van der Waals surface area contributed by atoms with Crippen molar-refractivity contribution in [1.82, 2.24) is 0 Å². The molecule has 2 rings (SSSR count). The van der Waals surface area contributed by atoms with Gasteiger partial charge in [0, 0.05) is 12.5 Å². The normalized spacial score (nSPS) is 10.8. The number of phenolic OH excluding ortho intramolecular Hbond substituents is 2. The van der Waals surface area contributed by atoms with E-state index in [1.165, 1.54) is 6.07 Å². The fourth-order valence-corrected chi connectivity index (χ4v) is 2.06. The van der Waals surface area contributed by atoms with Crippen LogP contribution in [0, 0.1) is 0 Å². The summed E-state index contributed by atoms with van der Waals surface area (Å²) in [4.78, 5) is 11.5. The first-order valence-corrected chi connectivity index (χ1v) is 7.58. The topological polar surface area (TPSA) is 66.8 Å². The molecule has 2 aromatic carbocycles. The molecule has 0 atom stereocenters. The van der Waals surface area contributed by atoms with Crippen LogP contribution >= 0.6 is 0 Å². The van der Waals surface area contributed by atoms with Crippen LogP contribution in [0.15, 0.2) is 42.5 Å². The lowest BCUT2D eigenvalue weighted by Gasteiger charge is -2.04. The highest BCUT2D eigenvalue weighted by atomic mass is 16.5. The molecular weight excluding hydrogens is 292 g/mol. The average molecular weight is 312 g/mol. The van der Waals surface area contributed by atoms with Crippen LogP contribution in [0.25, 0.3) is 12.2 Å². The van der Waals surface area contributed by atoms with E-state index in [1.54, 1.807) is 30.3 Å². The fraction of sp³-hybridized carbons (Fsp3) is 0.211. The molecule has 4 heteroatoms. The zero-order chi connectivity index (χ0) is 16.7. The lowest BCUT2D eigenvalue weighted by atomic mass is 10.1. The number of aromatic hydroxyl groups is 2. The van der Waals surface area contributed by atoms with Gasteiger partial charge in [0.1, 0.15) is 17.2 Å². The predicted molar refractivity (Wildman–Crippen MR) is 90.3 cm³/mol. The van der Waals surface area contributed by atoms with Gasteiger partial charge in [-0.15, -0.1) is 0 Å². The molecule has 23 heavy (non-hydrogen) atoms. The maximum atomic E-state index is 11.5. The lowest BCUT2D eigenvalue weighted by Crippen LogP contribution is -2.07. The van der Waals surface area contributed by atoms with Crippen LogP contribution in [-0.4, -0.2) is 16.2 Å². The molecule has 0 aliphatic heterocycles. The van der Waals surface area contributed by atoms with E-state index in [0.29, 0.717) is 17.7 Å². The van der Waals surface area contributed by atoms with Crippen LogP contribution in [0.5, 0.6) is 17.2 Å². The quantitative estimate of drug-likeness (QED) is 0.472. The molecule has 0 bridgehead atoms. The minimum atomic E-state index is -0.217. The molecule has 0 amide bonds. The highest BCUT2D eigenvalue weighted by Gasteiger charge is 2.03. The molecule has 0 saturated heterocycles. The van der Waals surface area contributed by atoms with E-state index in [4.69, 9.17) is 4.74 Å². The molecule has 0 aromatic heterocycles. The summed E-state index contributed by atoms with van der Waals surface area (Å²) in [5.74, 6) is 0.335. The van der Waals surface area contributed by atoms with Crippen LogP contribution < -0.4 is 4.74 Å². The van der Waals surface area contributed by atoms with Gasteiger partial charge in [0.2, 0.25) is 0 Å². The van der Waals surface area contributed by atoms with Gasteiger partial charge in [-0.25, -0.2) is 0 Å². The van der Waals surface area contributed by atoms with Crippen molar-refractivity contribution in [2.24, 2.45) is 0 Å². The number of hydrogen-bond acceptors (Lipinski definition) is 4. The fourth-order valence-electron chi connectivity index (χ4n) is 2.06. The molecule has 120 valence electrons. The maximum Gasteiger partial charge on any atom is 0.311 e.